The largest absolute Gasteiger partial charge is 0.350 e. The number of hydrogen-bond donors (Lipinski definition) is 0. The van der Waals surface area contributed by atoms with Gasteiger partial charge in [0.15, 0.2) is 0 Å². The van der Waals surface area contributed by atoms with Crippen LogP contribution in [0.1, 0.15) is 25.6 Å². The lowest BCUT2D eigenvalue weighted by molar-refractivity contribution is -0.129. The van der Waals surface area contributed by atoms with Crippen LogP contribution in [-0.2, 0) is 18.3 Å². The number of carbonyl (C=O) groups is 1. The molecule has 2 aromatic heterocycles. The highest BCUT2D eigenvalue weighted by atomic mass is 35.5. The van der Waals surface area contributed by atoms with Gasteiger partial charge in [0.1, 0.15) is 11.6 Å². The van der Waals surface area contributed by atoms with Crippen molar-refractivity contribution in [2.75, 3.05) is 13.1 Å². The molecule has 3 heterocycles. The van der Waals surface area contributed by atoms with Gasteiger partial charge in [0, 0.05) is 44.6 Å². The van der Waals surface area contributed by atoms with Crippen molar-refractivity contribution in [2.24, 2.45) is 13.0 Å². The molecule has 180 valence electrons. The molecular formula is C26H25ClFN5O2. The second-order valence-corrected chi connectivity index (χ2v) is 9.37. The lowest BCUT2D eigenvalue weighted by atomic mass is 10.0. The van der Waals surface area contributed by atoms with Crippen molar-refractivity contribution in [2.45, 2.75) is 26.2 Å². The molecule has 0 N–H and O–H groups in total. The summed E-state index contributed by atoms with van der Waals surface area (Å²) in [6, 6.07) is 12.3. The first-order valence-corrected chi connectivity index (χ1v) is 12.0. The SMILES string of the molecule is CCC(=O)N1CC[C@@H](Cc2nn(C)c(=O)n2-c2ccc(-c3ccc4cc(Cl)cnc4c3)cc2F)C1. The molecule has 0 radical (unpaired) electrons. The lowest BCUT2D eigenvalue weighted by Gasteiger charge is -2.15. The number of pyridine rings is 1. The summed E-state index contributed by atoms with van der Waals surface area (Å²) in [5.41, 5.74) is 2.00. The number of carbonyl (C=O) groups excluding carboxylic acids is 1. The summed E-state index contributed by atoms with van der Waals surface area (Å²) in [6.45, 7) is 3.17. The van der Waals surface area contributed by atoms with Crippen LogP contribution < -0.4 is 5.69 Å². The van der Waals surface area contributed by atoms with Gasteiger partial charge < -0.3 is 4.90 Å². The first-order chi connectivity index (χ1) is 16.8. The van der Waals surface area contributed by atoms with Crippen LogP contribution >= 0.6 is 11.6 Å². The molecule has 1 atom stereocenters. The highest BCUT2D eigenvalue weighted by Gasteiger charge is 2.28. The minimum absolute atomic E-state index is 0.125. The zero-order valence-corrected chi connectivity index (χ0v) is 20.3. The molecule has 9 heteroatoms. The molecule has 0 saturated carbocycles. The van der Waals surface area contributed by atoms with E-state index >= 15 is 4.39 Å². The first kappa shape index (κ1) is 23.2. The average molecular weight is 494 g/mol. The van der Waals surface area contributed by atoms with Gasteiger partial charge in [-0.05, 0) is 47.7 Å². The molecule has 2 aromatic carbocycles. The summed E-state index contributed by atoms with van der Waals surface area (Å²) in [5.74, 6) is 0.274. The number of aryl methyl sites for hydroxylation is 1. The van der Waals surface area contributed by atoms with Crippen molar-refractivity contribution in [3.8, 4) is 16.8 Å². The quantitative estimate of drug-likeness (QED) is 0.413. The van der Waals surface area contributed by atoms with E-state index in [1.807, 2.05) is 36.1 Å². The van der Waals surface area contributed by atoms with Crippen LogP contribution in [0.2, 0.25) is 5.02 Å². The van der Waals surface area contributed by atoms with Crippen LogP contribution in [0.4, 0.5) is 4.39 Å². The van der Waals surface area contributed by atoms with Crippen LogP contribution in [0.25, 0.3) is 27.7 Å². The van der Waals surface area contributed by atoms with Gasteiger partial charge in [-0.15, -0.1) is 0 Å². The maximum atomic E-state index is 15.4. The highest BCUT2D eigenvalue weighted by Crippen LogP contribution is 2.28. The maximum Gasteiger partial charge on any atom is 0.350 e. The topological polar surface area (TPSA) is 73.0 Å². The van der Waals surface area contributed by atoms with Crippen molar-refractivity contribution in [3.05, 3.63) is 75.8 Å². The Morgan fingerprint density at radius 1 is 1.17 bits per heavy atom. The van der Waals surface area contributed by atoms with Crippen molar-refractivity contribution in [3.63, 3.8) is 0 Å². The molecule has 1 fully saturated rings. The van der Waals surface area contributed by atoms with E-state index < -0.39 is 11.5 Å². The third-order valence-electron chi connectivity index (χ3n) is 6.58. The predicted molar refractivity (Wildman–Crippen MR) is 133 cm³/mol. The smallest absolute Gasteiger partial charge is 0.342 e. The third kappa shape index (κ3) is 4.46. The van der Waals surface area contributed by atoms with Gasteiger partial charge in [-0.1, -0.05) is 36.7 Å². The third-order valence-corrected chi connectivity index (χ3v) is 6.78. The summed E-state index contributed by atoms with van der Waals surface area (Å²) in [5, 5.41) is 5.84. The van der Waals surface area contributed by atoms with Gasteiger partial charge >= 0.3 is 5.69 Å². The molecule has 0 aliphatic carbocycles. The normalized spacial score (nSPS) is 15.8. The number of benzene rings is 2. The molecule has 1 saturated heterocycles. The minimum Gasteiger partial charge on any atom is -0.342 e. The molecule has 0 unspecified atom stereocenters. The van der Waals surface area contributed by atoms with E-state index in [-0.39, 0.29) is 17.5 Å². The lowest BCUT2D eigenvalue weighted by Crippen LogP contribution is -2.28. The highest BCUT2D eigenvalue weighted by molar-refractivity contribution is 6.31. The van der Waals surface area contributed by atoms with E-state index in [4.69, 9.17) is 11.6 Å². The van der Waals surface area contributed by atoms with Crippen LogP contribution in [0.3, 0.4) is 0 Å². The summed E-state index contributed by atoms with van der Waals surface area (Å²) >= 11 is 6.02. The number of rotatable bonds is 5. The fourth-order valence-electron chi connectivity index (χ4n) is 4.74. The number of likely N-dealkylation sites (tertiary alicyclic amines) is 1. The summed E-state index contributed by atoms with van der Waals surface area (Å²) < 4.78 is 18.0. The molecule has 35 heavy (non-hydrogen) atoms. The van der Waals surface area contributed by atoms with E-state index in [2.05, 4.69) is 10.1 Å². The summed E-state index contributed by atoms with van der Waals surface area (Å²) in [6.07, 6.45) is 3.37. The number of amides is 1. The molecular weight excluding hydrogens is 469 g/mol. The Bertz CT molecular complexity index is 1500. The Labute approximate surface area is 206 Å². The van der Waals surface area contributed by atoms with Crippen LogP contribution in [0.5, 0.6) is 0 Å². The van der Waals surface area contributed by atoms with E-state index in [1.165, 1.54) is 15.3 Å². The van der Waals surface area contributed by atoms with Crippen LogP contribution in [0, 0.1) is 11.7 Å². The molecule has 1 aliphatic heterocycles. The molecule has 4 aromatic rings. The van der Waals surface area contributed by atoms with E-state index in [0.29, 0.717) is 42.3 Å². The molecule has 1 amide bonds. The molecule has 1 aliphatic rings. The number of nitrogens with zero attached hydrogens (tertiary/aromatic N) is 5. The minimum atomic E-state index is -0.516. The van der Waals surface area contributed by atoms with Crippen molar-refractivity contribution < 1.29 is 9.18 Å². The fraction of sp³-hybridized carbons (Fsp3) is 0.308. The van der Waals surface area contributed by atoms with E-state index in [0.717, 1.165) is 22.9 Å². The second-order valence-electron chi connectivity index (χ2n) is 8.94. The van der Waals surface area contributed by atoms with Crippen LogP contribution in [-0.4, -0.2) is 43.2 Å². The van der Waals surface area contributed by atoms with Crippen molar-refractivity contribution in [1.29, 1.82) is 0 Å². The van der Waals surface area contributed by atoms with Gasteiger partial charge in [-0.3, -0.25) is 9.78 Å². The summed E-state index contributed by atoms with van der Waals surface area (Å²) in [4.78, 5) is 31.1. The first-order valence-electron chi connectivity index (χ1n) is 11.6. The predicted octanol–water partition coefficient (Wildman–Crippen LogP) is 4.38. The Morgan fingerprint density at radius 3 is 2.71 bits per heavy atom. The van der Waals surface area contributed by atoms with E-state index in [9.17, 15) is 9.59 Å². The standard InChI is InChI=1S/C26H25ClFN5O2/c1-3-25(34)32-9-8-16(15-32)10-24-30-31(2)26(35)33(24)23-7-6-17(12-21(23)28)18-4-5-19-11-20(27)14-29-22(19)13-18/h4-7,11-14,16H,3,8-10,15H2,1-2H3/t16-/m0/s1. The number of aromatic nitrogens is 4. The molecule has 0 bridgehead atoms. The molecule has 0 spiro atoms. The Morgan fingerprint density at radius 2 is 1.94 bits per heavy atom. The Balaban J connectivity index is 1.45. The Kier molecular flexibility index (Phi) is 6.15. The Hall–Kier alpha value is -3.52. The van der Waals surface area contributed by atoms with Gasteiger partial charge in [-0.2, -0.15) is 5.10 Å². The number of hydrogen-bond acceptors (Lipinski definition) is 4. The van der Waals surface area contributed by atoms with Crippen LogP contribution in [0.15, 0.2) is 53.5 Å². The molecule has 7 nitrogen and oxygen atoms in total. The van der Waals surface area contributed by atoms with Gasteiger partial charge in [0.05, 0.1) is 16.2 Å². The average Bonchev–Trinajstić information content (AvgIpc) is 3.42. The monoisotopic (exact) mass is 493 g/mol. The fourth-order valence-corrected chi connectivity index (χ4v) is 4.91. The second kappa shape index (κ2) is 9.26. The molecule has 5 rings (SSSR count). The number of halogens is 2. The summed E-state index contributed by atoms with van der Waals surface area (Å²) in [7, 11) is 1.56. The van der Waals surface area contributed by atoms with Crippen molar-refractivity contribution in [1.82, 2.24) is 24.2 Å². The van der Waals surface area contributed by atoms with Crippen molar-refractivity contribution >= 4 is 28.4 Å². The zero-order chi connectivity index (χ0) is 24.7. The zero-order valence-electron chi connectivity index (χ0n) is 19.5. The van der Waals surface area contributed by atoms with Gasteiger partial charge in [0.2, 0.25) is 5.91 Å². The van der Waals surface area contributed by atoms with E-state index in [1.54, 1.807) is 25.4 Å². The van der Waals surface area contributed by atoms with Gasteiger partial charge in [0.25, 0.3) is 0 Å². The maximum absolute atomic E-state index is 15.4. The van der Waals surface area contributed by atoms with Gasteiger partial charge in [-0.25, -0.2) is 18.4 Å². The number of fused-ring (bicyclic) bond motifs is 1.